The van der Waals surface area contributed by atoms with E-state index in [1.165, 1.54) is 24.9 Å². The van der Waals surface area contributed by atoms with Gasteiger partial charge in [-0.1, -0.05) is 24.3 Å². The van der Waals surface area contributed by atoms with E-state index in [0.29, 0.717) is 17.1 Å². The molecule has 0 unspecified atom stereocenters. The third kappa shape index (κ3) is 4.36. The molecule has 27 heavy (non-hydrogen) atoms. The molecule has 2 aromatic carbocycles. The Morgan fingerprint density at radius 3 is 2.44 bits per heavy atom. The highest BCUT2D eigenvalue weighted by molar-refractivity contribution is 6.03. The number of anilines is 3. The molecule has 0 spiro atoms. The van der Waals surface area contributed by atoms with Crippen LogP contribution in [0.2, 0.25) is 0 Å². The first kappa shape index (κ1) is 18.3. The van der Waals surface area contributed by atoms with Crippen LogP contribution in [0, 0.1) is 13.8 Å². The summed E-state index contributed by atoms with van der Waals surface area (Å²) >= 11 is 0. The molecule has 3 rings (SSSR count). The van der Waals surface area contributed by atoms with E-state index in [4.69, 9.17) is 0 Å². The standard InChI is InChI=1S/C21H20N4O2/c1-13-6-4-9-18(14(13)2)25-20-12-22-19(11-23-20)21(27)24-17-8-5-7-16(10-17)15(3)26/h4-12H,1-3H3,(H,23,25)(H,24,27). The van der Waals surface area contributed by atoms with Crippen molar-refractivity contribution in [3.8, 4) is 0 Å². The van der Waals surface area contributed by atoms with Crippen molar-refractivity contribution in [2.75, 3.05) is 10.6 Å². The molecule has 0 aliphatic carbocycles. The molecule has 1 heterocycles. The molecule has 2 N–H and O–H groups in total. The summed E-state index contributed by atoms with van der Waals surface area (Å²) < 4.78 is 0. The number of nitrogens with zero attached hydrogens (tertiary/aromatic N) is 2. The average Bonchev–Trinajstić information content (AvgIpc) is 2.66. The van der Waals surface area contributed by atoms with Crippen LogP contribution in [0.15, 0.2) is 54.9 Å². The van der Waals surface area contributed by atoms with Crippen molar-refractivity contribution in [3.63, 3.8) is 0 Å². The Kier molecular flexibility index (Phi) is 5.26. The molecule has 6 heteroatoms. The molecule has 0 bridgehead atoms. The van der Waals surface area contributed by atoms with Gasteiger partial charge in [0.1, 0.15) is 11.5 Å². The summed E-state index contributed by atoms with van der Waals surface area (Å²) in [6.07, 6.45) is 2.93. The van der Waals surface area contributed by atoms with Crippen LogP contribution in [0.5, 0.6) is 0 Å². The van der Waals surface area contributed by atoms with Crippen molar-refractivity contribution in [2.24, 2.45) is 0 Å². The van der Waals surface area contributed by atoms with E-state index < -0.39 is 0 Å². The van der Waals surface area contributed by atoms with Crippen LogP contribution in [0.1, 0.15) is 38.9 Å². The predicted octanol–water partition coefficient (Wildman–Crippen LogP) is 4.29. The molecular weight excluding hydrogens is 340 g/mol. The van der Waals surface area contributed by atoms with Gasteiger partial charge in [0.25, 0.3) is 5.91 Å². The summed E-state index contributed by atoms with van der Waals surface area (Å²) in [4.78, 5) is 32.2. The highest BCUT2D eigenvalue weighted by Crippen LogP contribution is 2.21. The van der Waals surface area contributed by atoms with Gasteiger partial charge in [-0.25, -0.2) is 9.97 Å². The number of benzene rings is 2. The van der Waals surface area contributed by atoms with Gasteiger partial charge in [-0.05, 0) is 50.1 Å². The zero-order valence-corrected chi connectivity index (χ0v) is 15.4. The van der Waals surface area contributed by atoms with E-state index in [9.17, 15) is 9.59 Å². The smallest absolute Gasteiger partial charge is 0.275 e. The van der Waals surface area contributed by atoms with Crippen LogP contribution >= 0.6 is 0 Å². The molecule has 0 aliphatic rings. The fourth-order valence-electron chi connectivity index (χ4n) is 2.55. The first-order valence-electron chi connectivity index (χ1n) is 8.51. The fraction of sp³-hybridized carbons (Fsp3) is 0.143. The SMILES string of the molecule is CC(=O)c1cccc(NC(=O)c2cnc(Nc3cccc(C)c3C)cn2)c1. The van der Waals surface area contributed by atoms with Gasteiger partial charge in [-0.3, -0.25) is 9.59 Å². The third-order valence-electron chi connectivity index (χ3n) is 4.28. The van der Waals surface area contributed by atoms with Crippen molar-refractivity contribution in [3.05, 3.63) is 77.2 Å². The zero-order valence-electron chi connectivity index (χ0n) is 15.4. The van der Waals surface area contributed by atoms with Crippen molar-refractivity contribution in [2.45, 2.75) is 20.8 Å². The lowest BCUT2D eigenvalue weighted by molar-refractivity contribution is 0.100. The highest BCUT2D eigenvalue weighted by atomic mass is 16.2. The zero-order chi connectivity index (χ0) is 19.4. The summed E-state index contributed by atoms with van der Waals surface area (Å²) in [6.45, 7) is 5.55. The number of carbonyl (C=O) groups is 2. The van der Waals surface area contributed by atoms with E-state index >= 15 is 0 Å². The number of ketones is 1. The Hall–Kier alpha value is -3.54. The van der Waals surface area contributed by atoms with Crippen LogP contribution in [0.25, 0.3) is 0 Å². The number of carbonyl (C=O) groups excluding carboxylic acids is 2. The lowest BCUT2D eigenvalue weighted by Gasteiger charge is -2.11. The summed E-state index contributed by atoms with van der Waals surface area (Å²) in [5, 5.41) is 5.93. The fourth-order valence-corrected chi connectivity index (χ4v) is 2.55. The second kappa shape index (κ2) is 7.78. The molecule has 0 fully saturated rings. The molecule has 0 saturated carbocycles. The number of amides is 1. The maximum atomic E-state index is 12.3. The molecular formula is C21H20N4O2. The number of nitrogens with one attached hydrogen (secondary N) is 2. The van der Waals surface area contributed by atoms with Crippen LogP contribution in [-0.2, 0) is 0 Å². The van der Waals surface area contributed by atoms with E-state index in [-0.39, 0.29) is 17.4 Å². The van der Waals surface area contributed by atoms with Gasteiger partial charge in [0, 0.05) is 16.9 Å². The molecule has 136 valence electrons. The Labute approximate surface area is 157 Å². The lowest BCUT2D eigenvalue weighted by Crippen LogP contribution is -2.14. The van der Waals surface area contributed by atoms with Gasteiger partial charge in [0.15, 0.2) is 5.78 Å². The summed E-state index contributed by atoms with van der Waals surface area (Å²) in [5.74, 6) is 0.105. The van der Waals surface area contributed by atoms with Crippen molar-refractivity contribution in [1.29, 1.82) is 0 Å². The van der Waals surface area contributed by atoms with Gasteiger partial charge in [0.05, 0.1) is 12.4 Å². The Bertz CT molecular complexity index is 997. The quantitative estimate of drug-likeness (QED) is 0.663. The lowest BCUT2D eigenvalue weighted by atomic mass is 10.1. The van der Waals surface area contributed by atoms with Crippen molar-refractivity contribution >= 4 is 28.9 Å². The van der Waals surface area contributed by atoms with E-state index in [1.807, 2.05) is 32.0 Å². The molecule has 3 aromatic rings. The Balaban J connectivity index is 1.71. The van der Waals surface area contributed by atoms with Gasteiger partial charge in [-0.15, -0.1) is 0 Å². The summed E-state index contributed by atoms with van der Waals surface area (Å²) in [5.41, 5.74) is 4.51. The second-order valence-corrected chi connectivity index (χ2v) is 6.25. The summed E-state index contributed by atoms with van der Waals surface area (Å²) in [6, 6.07) is 12.7. The van der Waals surface area contributed by atoms with Crippen LogP contribution < -0.4 is 10.6 Å². The van der Waals surface area contributed by atoms with Gasteiger partial charge in [0.2, 0.25) is 0 Å². The first-order chi connectivity index (χ1) is 12.9. The van der Waals surface area contributed by atoms with E-state index in [2.05, 4.69) is 20.6 Å². The van der Waals surface area contributed by atoms with Crippen molar-refractivity contribution in [1.82, 2.24) is 9.97 Å². The van der Waals surface area contributed by atoms with E-state index in [0.717, 1.165) is 11.3 Å². The number of Topliss-reactive ketones (excluding diaryl/α,β-unsaturated/α-hetero) is 1. The third-order valence-corrected chi connectivity index (χ3v) is 4.28. The molecule has 6 nitrogen and oxygen atoms in total. The maximum absolute atomic E-state index is 12.3. The monoisotopic (exact) mass is 360 g/mol. The average molecular weight is 360 g/mol. The molecule has 0 radical (unpaired) electrons. The number of hydrogen-bond acceptors (Lipinski definition) is 5. The first-order valence-corrected chi connectivity index (χ1v) is 8.51. The topological polar surface area (TPSA) is 84.0 Å². The summed E-state index contributed by atoms with van der Waals surface area (Å²) in [7, 11) is 0. The van der Waals surface area contributed by atoms with Crippen LogP contribution in [0.4, 0.5) is 17.2 Å². The largest absolute Gasteiger partial charge is 0.339 e. The minimum atomic E-state index is -0.388. The number of aromatic nitrogens is 2. The van der Waals surface area contributed by atoms with Crippen LogP contribution in [-0.4, -0.2) is 21.7 Å². The molecule has 1 amide bonds. The van der Waals surface area contributed by atoms with Gasteiger partial charge >= 0.3 is 0 Å². The second-order valence-electron chi connectivity index (χ2n) is 6.25. The minimum Gasteiger partial charge on any atom is -0.339 e. The predicted molar refractivity (Wildman–Crippen MR) is 106 cm³/mol. The molecule has 1 aromatic heterocycles. The van der Waals surface area contributed by atoms with Crippen LogP contribution in [0.3, 0.4) is 0 Å². The molecule has 0 saturated heterocycles. The number of aryl methyl sites for hydroxylation is 1. The van der Waals surface area contributed by atoms with Gasteiger partial charge in [-0.2, -0.15) is 0 Å². The van der Waals surface area contributed by atoms with Gasteiger partial charge < -0.3 is 10.6 Å². The molecule has 0 atom stereocenters. The maximum Gasteiger partial charge on any atom is 0.275 e. The number of hydrogen-bond donors (Lipinski definition) is 2. The highest BCUT2D eigenvalue weighted by Gasteiger charge is 2.10. The Morgan fingerprint density at radius 1 is 0.963 bits per heavy atom. The molecule has 0 aliphatic heterocycles. The normalized spacial score (nSPS) is 10.3. The van der Waals surface area contributed by atoms with Crippen molar-refractivity contribution < 1.29 is 9.59 Å². The number of rotatable bonds is 5. The Morgan fingerprint density at radius 2 is 1.74 bits per heavy atom. The van der Waals surface area contributed by atoms with E-state index in [1.54, 1.807) is 24.3 Å². The minimum absolute atomic E-state index is 0.0623.